The molecule has 132 valence electrons. The van der Waals surface area contributed by atoms with Crippen LogP contribution in [0.5, 0.6) is 0 Å². The Morgan fingerprint density at radius 2 is 2.04 bits per heavy atom. The zero-order valence-electron chi connectivity index (χ0n) is 14.6. The molecule has 0 saturated heterocycles. The maximum absolute atomic E-state index is 6.46. The zero-order valence-corrected chi connectivity index (χ0v) is 15.4. The first-order valence-electron chi connectivity index (χ1n) is 8.66. The van der Waals surface area contributed by atoms with E-state index in [2.05, 4.69) is 57.8 Å². The summed E-state index contributed by atoms with van der Waals surface area (Å²) < 4.78 is 0. The number of pyridine rings is 1. The minimum Gasteiger partial charge on any atom is -0.372 e. The smallest absolute Gasteiger partial charge is 0.103 e. The highest BCUT2D eigenvalue weighted by Gasteiger charge is 2.24. The fourth-order valence-corrected chi connectivity index (χ4v) is 3.54. The van der Waals surface area contributed by atoms with E-state index in [0.717, 1.165) is 17.8 Å². The lowest BCUT2D eigenvalue weighted by Crippen LogP contribution is -2.45. The van der Waals surface area contributed by atoms with Gasteiger partial charge in [0.05, 0.1) is 0 Å². The molecular formula is C21H21ClN4. The van der Waals surface area contributed by atoms with Crippen LogP contribution < -0.4 is 11.1 Å². The van der Waals surface area contributed by atoms with Crippen LogP contribution >= 0.6 is 11.6 Å². The highest BCUT2D eigenvalue weighted by atomic mass is 35.5. The fourth-order valence-electron chi connectivity index (χ4n) is 3.35. The molecule has 1 aromatic carbocycles. The third-order valence-electron chi connectivity index (χ3n) is 4.81. The Hall–Kier alpha value is -2.56. The van der Waals surface area contributed by atoms with Gasteiger partial charge in [-0.3, -0.25) is 4.98 Å². The van der Waals surface area contributed by atoms with E-state index >= 15 is 0 Å². The van der Waals surface area contributed by atoms with Crippen molar-refractivity contribution in [1.82, 2.24) is 15.2 Å². The van der Waals surface area contributed by atoms with Crippen LogP contribution in [0.15, 0.2) is 77.2 Å². The summed E-state index contributed by atoms with van der Waals surface area (Å²) >= 11 is 6.05. The summed E-state index contributed by atoms with van der Waals surface area (Å²) in [6.45, 7) is 3.46. The van der Waals surface area contributed by atoms with Crippen LogP contribution in [-0.4, -0.2) is 22.6 Å². The van der Waals surface area contributed by atoms with E-state index in [-0.39, 0.29) is 6.17 Å². The molecule has 5 heteroatoms. The quantitative estimate of drug-likeness (QED) is 0.816. The topological polar surface area (TPSA) is 54.2 Å². The molecule has 2 aliphatic rings. The van der Waals surface area contributed by atoms with Crippen LogP contribution in [0.1, 0.15) is 11.3 Å². The first-order valence-corrected chi connectivity index (χ1v) is 9.03. The van der Waals surface area contributed by atoms with Crippen molar-refractivity contribution in [3.8, 4) is 11.1 Å². The molecule has 4 nitrogen and oxygen atoms in total. The Kier molecular flexibility index (Phi) is 4.53. The van der Waals surface area contributed by atoms with Gasteiger partial charge in [0.2, 0.25) is 0 Å². The molecule has 0 saturated carbocycles. The molecule has 26 heavy (non-hydrogen) atoms. The summed E-state index contributed by atoms with van der Waals surface area (Å²) in [5.74, 6) is 0. The van der Waals surface area contributed by atoms with Gasteiger partial charge in [0, 0.05) is 31.2 Å². The Morgan fingerprint density at radius 1 is 1.23 bits per heavy atom. The van der Waals surface area contributed by atoms with Gasteiger partial charge in [-0.2, -0.15) is 0 Å². The minimum atomic E-state index is -0.147. The van der Waals surface area contributed by atoms with Gasteiger partial charge in [-0.15, -0.1) is 0 Å². The lowest BCUT2D eigenvalue weighted by atomic mass is 9.98. The molecule has 0 fully saturated rings. The van der Waals surface area contributed by atoms with Crippen molar-refractivity contribution in [1.29, 1.82) is 0 Å². The van der Waals surface area contributed by atoms with Gasteiger partial charge in [-0.25, -0.2) is 0 Å². The molecule has 0 spiro atoms. The second-order valence-electron chi connectivity index (χ2n) is 6.64. The summed E-state index contributed by atoms with van der Waals surface area (Å²) in [7, 11) is 0. The molecule has 0 bridgehead atoms. The Balaban J connectivity index is 1.49. The van der Waals surface area contributed by atoms with Gasteiger partial charge >= 0.3 is 0 Å². The van der Waals surface area contributed by atoms with Gasteiger partial charge in [0.1, 0.15) is 11.3 Å². The maximum atomic E-state index is 6.46. The number of benzene rings is 1. The number of nitrogens with one attached hydrogen (secondary N) is 1. The Bertz CT molecular complexity index is 912. The molecule has 0 aliphatic carbocycles. The van der Waals surface area contributed by atoms with Crippen molar-refractivity contribution in [3.63, 3.8) is 0 Å². The normalized spacial score (nSPS) is 19.1. The zero-order chi connectivity index (χ0) is 18.1. The van der Waals surface area contributed by atoms with E-state index in [1.807, 2.05) is 25.3 Å². The highest BCUT2D eigenvalue weighted by molar-refractivity contribution is 6.29. The third-order valence-corrected chi connectivity index (χ3v) is 5.05. The van der Waals surface area contributed by atoms with Gasteiger partial charge < -0.3 is 16.0 Å². The van der Waals surface area contributed by atoms with E-state index in [1.165, 1.54) is 22.3 Å². The molecule has 2 aliphatic heterocycles. The van der Waals surface area contributed by atoms with Crippen molar-refractivity contribution < 1.29 is 0 Å². The predicted molar refractivity (Wildman–Crippen MR) is 106 cm³/mol. The standard InChI is InChI=1S/C21H21ClN4/c1-14-10-17(6-8-24-14)16-4-2-15(3-5-16)13-26-9-7-18-11-20(22)25-12-19(18)21(26)23/h2-11,21,25H,12-13,23H2,1H3. The predicted octanol–water partition coefficient (Wildman–Crippen LogP) is 3.65. The molecule has 0 radical (unpaired) electrons. The maximum Gasteiger partial charge on any atom is 0.103 e. The number of halogens is 1. The highest BCUT2D eigenvalue weighted by Crippen LogP contribution is 2.26. The lowest BCUT2D eigenvalue weighted by molar-refractivity contribution is 0.296. The summed E-state index contributed by atoms with van der Waals surface area (Å²) in [6.07, 6.45) is 7.76. The van der Waals surface area contributed by atoms with Crippen molar-refractivity contribution in [2.75, 3.05) is 6.54 Å². The van der Waals surface area contributed by atoms with Gasteiger partial charge in [-0.1, -0.05) is 35.9 Å². The molecule has 4 rings (SSSR count). The summed E-state index contributed by atoms with van der Waals surface area (Å²) in [4.78, 5) is 6.41. The SMILES string of the molecule is Cc1cc(-c2ccc(CN3C=CC4=C(CNC(Cl)=C4)C3N)cc2)ccn1. The number of aromatic nitrogens is 1. The van der Waals surface area contributed by atoms with Crippen LogP contribution in [-0.2, 0) is 6.54 Å². The number of hydrogen-bond acceptors (Lipinski definition) is 4. The van der Waals surface area contributed by atoms with Crippen LogP contribution in [0.2, 0.25) is 0 Å². The molecular weight excluding hydrogens is 344 g/mol. The lowest BCUT2D eigenvalue weighted by Gasteiger charge is -2.35. The number of rotatable bonds is 3. The molecule has 1 atom stereocenters. The van der Waals surface area contributed by atoms with E-state index in [9.17, 15) is 0 Å². The Labute approximate surface area is 158 Å². The number of aryl methyl sites for hydroxylation is 1. The van der Waals surface area contributed by atoms with Crippen molar-refractivity contribution in [2.24, 2.45) is 5.73 Å². The van der Waals surface area contributed by atoms with Crippen LogP contribution in [0.25, 0.3) is 11.1 Å². The second-order valence-corrected chi connectivity index (χ2v) is 7.05. The van der Waals surface area contributed by atoms with Crippen LogP contribution in [0.4, 0.5) is 0 Å². The summed E-state index contributed by atoms with van der Waals surface area (Å²) in [6, 6.07) is 12.8. The van der Waals surface area contributed by atoms with E-state index in [1.54, 1.807) is 0 Å². The third kappa shape index (κ3) is 3.39. The molecule has 3 heterocycles. The second kappa shape index (κ2) is 6.98. The molecule has 1 unspecified atom stereocenters. The monoisotopic (exact) mass is 364 g/mol. The number of nitrogens with two attached hydrogens (primary N) is 1. The molecule has 3 N–H and O–H groups in total. The number of nitrogens with zero attached hydrogens (tertiary/aromatic N) is 2. The van der Waals surface area contributed by atoms with Gasteiger partial charge in [-0.05, 0) is 59.0 Å². The van der Waals surface area contributed by atoms with Crippen LogP contribution in [0, 0.1) is 6.92 Å². The first-order chi connectivity index (χ1) is 12.6. The summed E-state index contributed by atoms with van der Waals surface area (Å²) in [5, 5.41) is 3.81. The van der Waals surface area contributed by atoms with Gasteiger partial charge in [0.15, 0.2) is 0 Å². The summed E-state index contributed by atoms with van der Waals surface area (Å²) in [5.41, 5.74) is 13.4. The van der Waals surface area contributed by atoms with Crippen LogP contribution in [0.3, 0.4) is 0 Å². The van der Waals surface area contributed by atoms with E-state index in [4.69, 9.17) is 17.3 Å². The fraction of sp³-hybridized carbons (Fsp3) is 0.190. The average molecular weight is 365 g/mol. The molecule has 2 aromatic rings. The van der Waals surface area contributed by atoms with E-state index in [0.29, 0.717) is 11.7 Å². The van der Waals surface area contributed by atoms with Gasteiger partial charge in [0.25, 0.3) is 0 Å². The molecule has 1 aromatic heterocycles. The minimum absolute atomic E-state index is 0.147. The van der Waals surface area contributed by atoms with E-state index < -0.39 is 0 Å². The van der Waals surface area contributed by atoms with Crippen molar-refractivity contribution in [3.05, 3.63) is 88.5 Å². The van der Waals surface area contributed by atoms with Crippen molar-refractivity contribution in [2.45, 2.75) is 19.6 Å². The molecule has 0 amide bonds. The van der Waals surface area contributed by atoms with Crippen molar-refractivity contribution >= 4 is 11.6 Å². The number of allylic oxidation sites excluding steroid dienone is 3. The first kappa shape index (κ1) is 16.9. The largest absolute Gasteiger partial charge is 0.372 e. The average Bonchev–Trinajstić information content (AvgIpc) is 2.64. The number of dihydropyridines is 1. The number of hydrogen-bond donors (Lipinski definition) is 2. The Morgan fingerprint density at radius 3 is 2.81 bits per heavy atom.